The first-order valence-electron chi connectivity index (χ1n) is 8.57. The maximum Gasteiger partial charge on any atom is 0.273 e. The molecule has 8 heteroatoms. The van der Waals surface area contributed by atoms with Gasteiger partial charge in [0.1, 0.15) is 11.6 Å². The minimum absolute atomic E-state index is 0.0911. The maximum atomic E-state index is 14.2. The third-order valence-corrected chi connectivity index (χ3v) is 4.28. The highest BCUT2D eigenvalue weighted by Crippen LogP contribution is 2.35. The highest BCUT2D eigenvalue weighted by atomic mass is 19.3. The number of nitrogens with zero attached hydrogens (tertiary/aromatic N) is 2. The number of rotatable bonds is 6. The number of carbonyl (C=O) groups is 1. The smallest absolute Gasteiger partial charge is 0.273 e. The van der Waals surface area contributed by atoms with Crippen molar-refractivity contribution in [1.82, 2.24) is 9.78 Å². The molecule has 0 aliphatic carbocycles. The summed E-state index contributed by atoms with van der Waals surface area (Å²) in [7, 11) is 0. The SMILES string of the molecule is CCC(F)(F)c1cccc(F)c1Cn1ccc(NC(=O)c2ccccc2F)n1. The molecule has 0 fully saturated rings. The molecule has 0 saturated heterocycles. The van der Waals surface area contributed by atoms with E-state index in [9.17, 15) is 22.4 Å². The molecular weight excluding hydrogens is 374 g/mol. The average molecular weight is 391 g/mol. The topological polar surface area (TPSA) is 46.9 Å². The summed E-state index contributed by atoms with van der Waals surface area (Å²) in [5, 5.41) is 6.46. The van der Waals surface area contributed by atoms with Crippen LogP contribution in [0.5, 0.6) is 0 Å². The molecule has 1 N–H and O–H groups in total. The number of nitrogens with one attached hydrogen (secondary N) is 1. The zero-order valence-corrected chi connectivity index (χ0v) is 14.9. The Morgan fingerprint density at radius 2 is 1.79 bits per heavy atom. The van der Waals surface area contributed by atoms with Gasteiger partial charge >= 0.3 is 0 Å². The van der Waals surface area contributed by atoms with Gasteiger partial charge < -0.3 is 5.32 Å². The number of amides is 1. The highest BCUT2D eigenvalue weighted by molar-refractivity contribution is 6.03. The van der Waals surface area contributed by atoms with E-state index in [0.717, 1.165) is 12.1 Å². The summed E-state index contributed by atoms with van der Waals surface area (Å²) in [6, 6.07) is 10.4. The van der Waals surface area contributed by atoms with Crippen molar-refractivity contribution in [3.8, 4) is 0 Å². The van der Waals surface area contributed by atoms with Crippen LogP contribution in [0, 0.1) is 11.6 Å². The minimum Gasteiger partial charge on any atom is -0.305 e. The Bertz CT molecular complexity index is 1000. The van der Waals surface area contributed by atoms with Gasteiger partial charge in [-0.1, -0.05) is 31.2 Å². The summed E-state index contributed by atoms with van der Waals surface area (Å²) in [6.07, 6.45) is 0.948. The monoisotopic (exact) mass is 391 g/mol. The van der Waals surface area contributed by atoms with Crippen LogP contribution in [0.2, 0.25) is 0 Å². The van der Waals surface area contributed by atoms with Crippen LogP contribution in [0.1, 0.15) is 34.8 Å². The number of anilines is 1. The molecule has 0 spiro atoms. The quantitative estimate of drug-likeness (QED) is 0.604. The molecule has 0 atom stereocenters. The predicted molar refractivity (Wildman–Crippen MR) is 96.3 cm³/mol. The lowest BCUT2D eigenvalue weighted by Crippen LogP contribution is -2.18. The Kier molecular flexibility index (Phi) is 5.48. The second kappa shape index (κ2) is 7.84. The van der Waals surface area contributed by atoms with Crippen LogP contribution in [0.15, 0.2) is 54.7 Å². The Morgan fingerprint density at radius 1 is 1.07 bits per heavy atom. The first kappa shape index (κ1) is 19.6. The molecule has 0 bridgehead atoms. The maximum absolute atomic E-state index is 14.2. The fraction of sp³-hybridized carbons (Fsp3) is 0.200. The third kappa shape index (κ3) is 4.05. The van der Waals surface area contributed by atoms with Gasteiger partial charge in [0.25, 0.3) is 11.8 Å². The van der Waals surface area contributed by atoms with Gasteiger partial charge in [0.15, 0.2) is 5.82 Å². The van der Waals surface area contributed by atoms with E-state index in [-0.39, 0.29) is 23.5 Å². The van der Waals surface area contributed by atoms with E-state index in [2.05, 4.69) is 10.4 Å². The van der Waals surface area contributed by atoms with Crippen molar-refractivity contribution >= 4 is 11.7 Å². The molecule has 1 heterocycles. The molecule has 3 aromatic rings. The Labute approximate surface area is 158 Å². The molecule has 0 radical (unpaired) electrons. The van der Waals surface area contributed by atoms with E-state index in [1.807, 2.05) is 0 Å². The lowest BCUT2D eigenvalue weighted by molar-refractivity contribution is -0.00961. The van der Waals surface area contributed by atoms with Crippen LogP contribution in [-0.4, -0.2) is 15.7 Å². The lowest BCUT2D eigenvalue weighted by atomic mass is 9.99. The fourth-order valence-electron chi connectivity index (χ4n) is 2.76. The number of carbonyl (C=O) groups excluding carboxylic acids is 1. The van der Waals surface area contributed by atoms with Crippen LogP contribution in [0.3, 0.4) is 0 Å². The number of hydrogen-bond acceptors (Lipinski definition) is 2. The Morgan fingerprint density at radius 3 is 2.50 bits per heavy atom. The highest BCUT2D eigenvalue weighted by Gasteiger charge is 2.32. The molecule has 4 nitrogen and oxygen atoms in total. The molecule has 28 heavy (non-hydrogen) atoms. The van der Waals surface area contributed by atoms with Gasteiger partial charge in [-0.2, -0.15) is 5.10 Å². The van der Waals surface area contributed by atoms with E-state index in [1.165, 1.54) is 54.2 Å². The molecule has 0 aliphatic rings. The normalized spacial score (nSPS) is 11.5. The summed E-state index contributed by atoms with van der Waals surface area (Å²) >= 11 is 0. The molecule has 3 rings (SSSR count). The molecular formula is C20H17F4N3O. The lowest BCUT2D eigenvalue weighted by Gasteiger charge is -2.19. The summed E-state index contributed by atoms with van der Waals surface area (Å²) in [5.74, 6) is -5.23. The number of hydrogen-bond donors (Lipinski definition) is 1. The standard InChI is InChI=1S/C20H17F4N3O/c1-2-20(23,24)15-7-5-9-17(22)14(15)12-27-11-10-18(26-27)25-19(28)13-6-3-4-8-16(13)21/h3-11H,2,12H2,1H3,(H,25,26,28). The van der Waals surface area contributed by atoms with E-state index in [1.54, 1.807) is 0 Å². The summed E-state index contributed by atoms with van der Waals surface area (Å²) in [6.45, 7) is 1.08. The van der Waals surface area contributed by atoms with Crippen molar-refractivity contribution in [2.75, 3.05) is 5.32 Å². The van der Waals surface area contributed by atoms with Crippen LogP contribution >= 0.6 is 0 Å². The Hall–Kier alpha value is -3.16. The van der Waals surface area contributed by atoms with Crippen molar-refractivity contribution in [2.24, 2.45) is 0 Å². The second-order valence-electron chi connectivity index (χ2n) is 6.16. The van der Waals surface area contributed by atoms with E-state index < -0.39 is 35.4 Å². The first-order chi connectivity index (χ1) is 13.3. The molecule has 0 saturated carbocycles. The van der Waals surface area contributed by atoms with Crippen molar-refractivity contribution in [3.63, 3.8) is 0 Å². The van der Waals surface area contributed by atoms with Gasteiger partial charge in [-0.25, -0.2) is 17.6 Å². The molecule has 0 aliphatic heterocycles. The summed E-state index contributed by atoms with van der Waals surface area (Å²) < 4.78 is 57.4. The summed E-state index contributed by atoms with van der Waals surface area (Å²) in [4.78, 5) is 12.1. The third-order valence-electron chi connectivity index (χ3n) is 4.28. The number of alkyl halides is 2. The number of halogens is 4. The van der Waals surface area contributed by atoms with E-state index in [4.69, 9.17) is 0 Å². The van der Waals surface area contributed by atoms with Gasteiger partial charge in [-0.3, -0.25) is 9.48 Å². The summed E-state index contributed by atoms with van der Waals surface area (Å²) in [5.41, 5.74) is -0.733. The fourth-order valence-corrected chi connectivity index (χ4v) is 2.76. The zero-order valence-electron chi connectivity index (χ0n) is 14.9. The molecule has 146 valence electrons. The average Bonchev–Trinajstić information content (AvgIpc) is 3.10. The molecule has 0 unspecified atom stereocenters. The van der Waals surface area contributed by atoms with Gasteiger partial charge in [0.2, 0.25) is 0 Å². The minimum atomic E-state index is -3.17. The van der Waals surface area contributed by atoms with Crippen molar-refractivity contribution in [3.05, 3.63) is 83.1 Å². The molecule has 2 aromatic carbocycles. The van der Waals surface area contributed by atoms with Crippen LogP contribution in [-0.2, 0) is 12.5 Å². The van der Waals surface area contributed by atoms with Gasteiger partial charge in [-0.05, 0) is 18.2 Å². The first-order valence-corrected chi connectivity index (χ1v) is 8.57. The number of aromatic nitrogens is 2. The van der Waals surface area contributed by atoms with E-state index in [0.29, 0.717) is 0 Å². The molecule has 1 aromatic heterocycles. The van der Waals surface area contributed by atoms with Gasteiger partial charge in [0.05, 0.1) is 12.1 Å². The Balaban J connectivity index is 1.81. The van der Waals surface area contributed by atoms with Gasteiger partial charge in [-0.15, -0.1) is 0 Å². The predicted octanol–water partition coefficient (Wildman–Crippen LogP) is 4.96. The number of benzene rings is 2. The van der Waals surface area contributed by atoms with Crippen molar-refractivity contribution in [1.29, 1.82) is 0 Å². The van der Waals surface area contributed by atoms with Gasteiger partial charge in [0, 0.05) is 29.8 Å². The molecule has 1 amide bonds. The zero-order chi connectivity index (χ0) is 20.3. The largest absolute Gasteiger partial charge is 0.305 e. The van der Waals surface area contributed by atoms with Crippen LogP contribution in [0.25, 0.3) is 0 Å². The van der Waals surface area contributed by atoms with Crippen molar-refractivity contribution < 1.29 is 22.4 Å². The van der Waals surface area contributed by atoms with E-state index >= 15 is 0 Å². The van der Waals surface area contributed by atoms with Crippen LogP contribution < -0.4 is 5.32 Å². The van der Waals surface area contributed by atoms with Crippen LogP contribution in [0.4, 0.5) is 23.4 Å². The second-order valence-corrected chi connectivity index (χ2v) is 6.16. The van der Waals surface area contributed by atoms with Crippen molar-refractivity contribution in [2.45, 2.75) is 25.8 Å².